The summed E-state index contributed by atoms with van der Waals surface area (Å²) >= 11 is 5.83. The highest BCUT2D eigenvalue weighted by Crippen LogP contribution is 2.33. The monoisotopic (exact) mass is 343 g/mol. The van der Waals surface area contributed by atoms with Gasteiger partial charge in [-0.25, -0.2) is 0 Å². The predicted octanol–water partition coefficient (Wildman–Crippen LogP) is 4.57. The SMILES string of the molecule is CC(=O)Oc1cccc2oc(C(=O)Nc3ccc(Cl)cc3)c(C)c12. The number of furan rings is 1. The Balaban J connectivity index is 1.97. The summed E-state index contributed by atoms with van der Waals surface area (Å²) in [5.74, 6) is -0.290. The Morgan fingerprint density at radius 1 is 1.12 bits per heavy atom. The molecule has 0 fully saturated rings. The van der Waals surface area contributed by atoms with Crippen LogP contribution in [0, 0.1) is 6.92 Å². The quantitative estimate of drug-likeness (QED) is 0.558. The molecule has 1 aromatic heterocycles. The summed E-state index contributed by atoms with van der Waals surface area (Å²) in [6.45, 7) is 3.07. The first-order valence-electron chi connectivity index (χ1n) is 7.23. The first kappa shape index (κ1) is 16.1. The van der Waals surface area contributed by atoms with E-state index in [0.717, 1.165) is 0 Å². The van der Waals surface area contributed by atoms with Crippen molar-refractivity contribution < 1.29 is 18.7 Å². The molecule has 0 spiro atoms. The van der Waals surface area contributed by atoms with Gasteiger partial charge in [0.2, 0.25) is 0 Å². The minimum Gasteiger partial charge on any atom is -0.450 e. The van der Waals surface area contributed by atoms with Crippen LogP contribution in [-0.2, 0) is 4.79 Å². The van der Waals surface area contributed by atoms with E-state index in [4.69, 9.17) is 20.8 Å². The van der Waals surface area contributed by atoms with Crippen molar-refractivity contribution in [1.82, 2.24) is 0 Å². The van der Waals surface area contributed by atoms with Gasteiger partial charge in [-0.3, -0.25) is 9.59 Å². The van der Waals surface area contributed by atoms with Crippen LogP contribution in [0.1, 0.15) is 23.0 Å². The highest BCUT2D eigenvalue weighted by molar-refractivity contribution is 6.30. The van der Waals surface area contributed by atoms with Crippen LogP contribution in [0.5, 0.6) is 5.75 Å². The van der Waals surface area contributed by atoms with Crippen LogP contribution in [0.2, 0.25) is 5.02 Å². The number of halogens is 1. The smallest absolute Gasteiger partial charge is 0.308 e. The third-order valence-corrected chi connectivity index (χ3v) is 3.73. The number of esters is 1. The Kier molecular flexibility index (Phi) is 4.27. The number of amides is 1. The van der Waals surface area contributed by atoms with Gasteiger partial charge in [-0.05, 0) is 43.3 Å². The van der Waals surface area contributed by atoms with Gasteiger partial charge in [0.1, 0.15) is 11.3 Å². The maximum Gasteiger partial charge on any atom is 0.308 e. The standard InChI is InChI=1S/C18H14ClNO4/c1-10-16-14(23-11(2)21)4-3-5-15(16)24-17(10)18(22)20-13-8-6-12(19)7-9-13/h3-9H,1-2H3,(H,20,22). The fourth-order valence-electron chi connectivity index (χ4n) is 2.44. The van der Waals surface area contributed by atoms with Crippen molar-refractivity contribution in [2.24, 2.45) is 0 Å². The number of carbonyl (C=O) groups is 2. The molecule has 0 aliphatic carbocycles. The van der Waals surface area contributed by atoms with E-state index in [0.29, 0.717) is 33.0 Å². The zero-order valence-electron chi connectivity index (χ0n) is 13.1. The fourth-order valence-corrected chi connectivity index (χ4v) is 2.57. The number of nitrogens with one attached hydrogen (secondary N) is 1. The second-order valence-electron chi connectivity index (χ2n) is 5.24. The van der Waals surface area contributed by atoms with Gasteiger partial charge < -0.3 is 14.5 Å². The molecular formula is C18H14ClNO4. The van der Waals surface area contributed by atoms with E-state index in [2.05, 4.69) is 5.32 Å². The molecule has 0 saturated heterocycles. The molecule has 3 aromatic rings. The van der Waals surface area contributed by atoms with Crippen LogP contribution in [-0.4, -0.2) is 11.9 Å². The van der Waals surface area contributed by atoms with Gasteiger partial charge >= 0.3 is 5.97 Å². The number of rotatable bonds is 3. The topological polar surface area (TPSA) is 68.5 Å². The Labute approximate surface area is 143 Å². The lowest BCUT2D eigenvalue weighted by Crippen LogP contribution is -2.12. The molecule has 0 atom stereocenters. The van der Waals surface area contributed by atoms with Crippen LogP contribution in [0.15, 0.2) is 46.9 Å². The van der Waals surface area contributed by atoms with Gasteiger partial charge in [0.15, 0.2) is 5.76 Å². The minimum absolute atomic E-state index is 0.166. The molecular weight excluding hydrogens is 330 g/mol. The fraction of sp³-hybridized carbons (Fsp3) is 0.111. The Morgan fingerprint density at radius 3 is 2.50 bits per heavy atom. The van der Waals surface area contributed by atoms with Crippen molar-refractivity contribution in [1.29, 1.82) is 0 Å². The van der Waals surface area contributed by atoms with Crippen LogP contribution in [0.3, 0.4) is 0 Å². The third kappa shape index (κ3) is 3.12. The molecule has 0 aliphatic rings. The second kappa shape index (κ2) is 6.37. The molecule has 122 valence electrons. The Bertz CT molecular complexity index is 928. The van der Waals surface area contributed by atoms with E-state index in [1.165, 1.54) is 6.92 Å². The van der Waals surface area contributed by atoms with Gasteiger partial charge in [-0.2, -0.15) is 0 Å². The van der Waals surface area contributed by atoms with Crippen LogP contribution in [0.4, 0.5) is 5.69 Å². The second-order valence-corrected chi connectivity index (χ2v) is 5.68. The highest BCUT2D eigenvalue weighted by atomic mass is 35.5. The van der Waals surface area contributed by atoms with Crippen molar-refractivity contribution in [3.05, 3.63) is 58.8 Å². The summed E-state index contributed by atoms with van der Waals surface area (Å²) in [4.78, 5) is 23.7. The van der Waals surface area contributed by atoms with Crippen LogP contribution < -0.4 is 10.1 Å². The largest absolute Gasteiger partial charge is 0.450 e. The van der Waals surface area contributed by atoms with Gasteiger partial charge in [0.05, 0.1) is 5.39 Å². The zero-order chi connectivity index (χ0) is 17.3. The van der Waals surface area contributed by atoms with Gasteiger partial charge in [0, 0.05) is 23.2 Å². The van der Waals surface area contributed by atoms with Crippen molar-refractivity contribution in [3.63, 3.8) is 0 Å². The zero-order valence-corrected chi connectivity index (χ0v) is 13.8. The van der Waals surface area contributed by atoms with E-state index in [9.17, 15) is 9.59 Å². The lowest BCUT2D eigenvalue weighted by Gasteiger charge is -2.04. The number of ether oxygens (including phenoxy) is 1. The predicted molar refractivity (Wildman–Crippen MR) is 91.7 cm³/mol. The van der Waals surface area contributed by atoms with Crippen LogP contribution >= 0.6 is 11.6 Å². The van der Waals surface area contributed by atoms with Crippen molar-refractivity contribution in [2.75, 3.05) is 5.32 Å². The molecule has 0 unspecified atom stereocenters. The average Bonchev–Trinajstić information content (AvgIpc) is 2.87. The molecule has 5 nitrogen and oxygen atoms in total. The highest BCUT2D eigenvalue weighted by Gasteiger charge is 2.21. The molecule has 3 rings (SSSR count). The van der Waals surface area contributed by atoms with Gasteiger partial charge in [0.25, 0.3) is 5.91 Å². The molecule has 1 amide bonds. The molecule has 1 heterocycles. The van der Waals surface area contributed by atoms with Crippen molar-refractivity contribution >= 4 is 40.1 Å². The normalized spacial score (nSPS) is 10.6. The minimum atomic E-state index is -0.435. The summed E-state index contributed by atoms with van der Waals surface area (Å²) in [5.41, 5.74) is 1.69. The molecule has 0 aliphatic heterocycles. The summed E-state index contributed by atoms with van der Waals surface area (Å²) in [7, 11) is 0. The van der Waals surface area contributed by atoms with E-state index >= 15 is 0 Å². The molecule has 6 heteroatoms. The lowest BCUT2D eigenvalue weighted by atomic mass is 10.1. The van der Waals surface area contributed by atoms with Crippen molar-refractivity contribution in [3.8, 4) is 5.75 Å². The number of anilines is 1. The third-order valence-electron chi connectivity index (χ3n) is 3.48. The summed E-state index contributed by atoms with van der Waals surface area (Å²) < 4.78 is 10.8. The van der Waals surface area contributed by atoms with Gasteiger partial charge in [-0.15, -0.1) is 0 Å². The molecule has 1 N–H and O–H groups in total. The van der Waals surface area contributed by atoms with Crippen LogP contribution in [0.25, 0.3) is 11.0 Å². The van der Waals surface area contributed by atoms with Crippen molar-refractivity contribution in [2.45, 2.75) is 13.8 Å². The molecule has 0 radical (unpaired) electrons. The number of aryl methyl sites for hydroxylation is 1. The van der Waals surface area contributed by atoms with E-state index in [1.807, 2.05) is 0 Å². The molecule has 0 saturated carbocycles. The van der Waals surface area contributed by atoms with E-state index in [-0.39, 0.29) is 11.7 Å². The maximum atomic E-state index is 12.5. The number of hydrogen-bond acceptors (Lipinski definition) is 4. The van der Waals surface area contributed by atoms with Gasteiger partial charge in [-0.1, -0.05) is 17.7 Å². The Hall–Kier alpha value is -2.79. The Morgan fingerprint density at radius 2 is 1.83 bits per heavy atom. The average molecular weight is 344 g/mol. The first-order chi connectivity index (χ1) is 11.5. The first-order valence-corrected chi connectivity index (χ1v) is 7.61. The number of benzene rings is 2. The summed E-state index contributed by atoms with van der Waals surface area (Å²) in [5, 5.41) is 3.94. The number of fused-ring (bicyclic) bond motifs is 1. The molecule has 24 heavy (non-hydrogen) atoms. The van der Waals surface area contributed by atoms with E-state index < -0.39 is 5.97 Å². The molecule has 2 aromatic carbocycles. The lowest BCUT2D eigenvalue weighted by molar-refractivity contribution is -0.131. The maximum absolute atomic E-state index is 12.5. The van der Waals surface area contributed by atoms with E-state index in [1.54, 1.807) is 49.4 Å². The summed E-state index contributed by atoms with van der Waals surface area (Å²) in [6, 6.07) is 11.8. The summed E-state index contributed by atoms with van der Waals surface area (Å²) in [6.07, 6.45) is 0. The number of hydrogen-bond donors (Lipinski definition) is 1. The number of carbonyl (C=O) groups excluding carboxylic acids is 2. The molecule has 0 bridgehead atoms.